The molecule has 0 unspecified atom stereocenters. The summed E-state index contributed by atoms with van der Waals surface area (Å²) in [5.41, 5.74) is 9.50. The number of hydrazone groups is 1. The third-order valence-electron chi connectivity index (χ3n) is 5.60. The van der Waals surface area contributed by atoms with Gasteiger partial charge in [0.25, 0.3) is 0 Å². The zero-order valence-electron chi connectivity index (χ0n) is 21.6. The van der Waals surface area contributed by atoms with Crippen LogP contribution in [0.25, 0.3) is 11.1 Å². The Hall–Kier alpha value is -4.05. The summed E-state index contributed by atoms with van der Waals surface area (Å²) in [7, 11) is 0. The van der Waals surface area contributed by atoms with Crippen molar-refractivity contribution in [3.05, 3.63) is 76.3 Å². The van der Waals surface area contributed by atoms with Crippen LogP contribution in [0, 0.1) is 0 Å². The molecule has 0 aliphatic rings. The van der Waals surface area contributed by atoms with Gasteiger partial charge in [0.2, 0.25) is 6.79 Å². The molecule has 0 atom stereocenters. The van der Waals surface area contributed by atoms with Crippen LogP contribution in [-0.4, -0.2) is 40.4 Å². The maximum absolute atomic E-state index is 12.9. The number of esters is 1. The number of halogens is 1. The Morgan fingerprint density at radius 3 is 2.47 bits per heavy atom. The first kappa shape index (κ1) is 28.5. The van der Waals surface area contributed by atoms with Crippen molar-refractivity contribution in [2.45, 2.75) is 52.7 Å². The first-order valence-electron chi connectivity index (χ1n) is 12.2. The summed E-state index contributed by atoms with van der Waals surface area (Å²) in [5, 5.41) is 3.64. The van der Waals surface area contributed by atoms with Crippen molar-refractivity contribution in [2.24, 2.45) is 16.7 Å². The number of nitrogens with two attached hydrogens (primary N) is 2. The summed E-state index contributed by atoms with van der Waals surface area (Å²) in [6.45, 7) is 5.14. The third kappa shape index (κ3) is 7.25. The van der Waals surface area contributed by atoms with Gasteiger partial charge in [0.05, 0.1) is 6.10 Å². The topological polar surface area (TPSA) is 144 Å². The summed E-state index contributed by atoms with van der Waals surface area (Å²) in [5.74, 6) is 5.53. The minimum Gasteiger partial charge on any atom is -0.431 e. The summed E-state index contributed by atoms with van der Waals surface area (Å²) in [4.78, 5) is 28.9. The van der Waals surface area contributed by atoms with Crippen LogP contribution in [-0.2, 0) is 27.2 Å². The van der Waals surface area contributed by atoms with E-state index < -0.39 is 18.9 Å². The van der Waals surface area contributed by atoms with E-state index in [1.54, 1.807) is 18.4 Å². The van der Waals surface area contributed by atoms with Crippen LogP contribution in [0.3, 0.4) is 0 Å². The fourth-order valence-electron chi connectivity index (χ4n) is 3.78. The van der Waals surface area contributed by atoms with Crippen LogP contribution in [0.1, 0.15) is 61.1 Å². The number of benzene rings is 2. The predicted octanol–water partition coefficient (Wildman–Crippen LogP) is 4.85. The molecular weight excluding hydrogens is 510 g/mol. The summed E-state index contributed by atoms with van der Waals surface area (Å²) in [6.07, 6.45) is 1.15. The SMILES string of the molecule is CCCCc1nc(Cl)c(C(=O)OCOC(=O)OC(C)C)n1Cc1ccc(-c2ccccc2/C(N)=N/N)cc1. The van der Waals surface area contributed by atoms with Crippen LogP contribution < -0.4 is 11.6 Å². The molecule has 38 heavy (non-hydrogen) atoms. The van der Waals surface area contributed by atoms with Crippen molar-refractivity contribution in [1.29, 1.82) is 0 Å². The van der Waals surface area contributed by atoms with Gasteiger partial charge in [-0.1, -0.05) is 73.5 Å². The van der Waals surface area contributed by atoms with E-state index in [1.807, 2.05) is 48.5 Å². The van der Waals surface area contributed by atoms with Gasteiger partial charge in [0, 0.05) is 18.5 Å². The Balaban J connectivity index is 1.84. The number of hydrogen-bond acceptors (Lipinski definition) is 8. The van der Waals surface area contributed by atoms with Gasteiger partial charge in [-0.25, -0.2) is 14.6 Å². The molecule has 0 aliphatic carbocycles. The predicted molar refractivity (Wildman–Crippen MR) is 145 cm³/mol. The highest BCUT2D eigenvalue weighted by Crippen LogP contribution is 2.26. The molecule has 2 aromatic carbocycles. The van der Waals surface area contributed by atoms with Crippen molar-refractivity contribution in [3.63, 3.8) is 0 Å². The van der Waals surface area contributed by atoms with Crippen molar-refractivity contribution in [3.8, 4) is 11.1 Å². The van der Waals surface area contributed by atoms with Crippen LogP contribution in [0.15, 0.2) is 53.6 Å². The molecule has 4 N–H and O–H groups in total. The van der Waals surface area contributed by atoms with Gasteiger partial charge in [-0.2, -0.15) is 5.10 Å². The van der Waals surface area contributed by atoms with Gasteiger partial charge in [0.15, 0.2) is 16.7 Å². The molecule has 0 saturated carbocycles. The minimum atomic E-state index is -0.933. The van der Waals surface area contributed by atoms with Gasteiger partial charge < -0.3 is 30.4 Å². The van der Waals surface area contributed by atoms with E-state index in [9.17, 15) is 9.59 Å². The van der Waals surface area contributed by atoms with Crippen molar-refractivity contribution >= 4 is 29.6 Å². The standard InChI is InChI=1S/C27H32ClN5O5/c1-4-5-10-22-31-24(28)23(26(34)36-16-37-27(35)38-17(2)3)33(22)15-18-11-13-19(14-12-18)20-8-6-7-9-21(20)25(29)32-30/h6-9,11-14,17H,4-5,10,15-16,30H2,1-3H3,(H2,29,32). The third-order valence-corrected chi connectivity index (χ3v) is 5.86. The number of aromatic nitrogens is 2. The Bertz CT molecular complexity index is 1290. The van der Waals surface area contributed by atoms with Crippen molar-refractivity contribution in [1.82, 2.24) is 9.55 Å². The second kappa shape index (κ2) is 13.5. The molecular formula is C27H32ClN5O5. The zero-order valence-corrected chi connectivity index (χ0v) is 22.4. The van der Waals surface area contributed by atoms with E-state index in [0.29, 0.717) is 18.8 Å². The largest absolute Gasteiger partial charge is 0.511 e. The fourth-order valence-corrected chi connectivity index (χ4v) is 4.06. The number of ether oxygens (including phenoxy) is 3. The molecule has 3 rings (SSSR count). The Labute approximate surface area is 226 Å². The first-order chi connectivity index (χ1) is 18.2. The summed E-state index contributed by atoms with van der Waals surface area (Å²) >= 11 is 6.37. The molecule has 0 saturated heterocycles. The lowest BCUT2D eigenvalue weighted by Gasteiger charge is -2.14. The highest BCUT2D eigenvalue weighted by Gasteiger charge is 2.24. The molecule has 0 radical (unpaired) electrons. The van der Waals surface area contributed by atoms with Crippen LogP contribution in [0.4, 0.5) is 4.79 Å². The molecule has 1 heterocycles. The van der Waals surface area contributed by atoms with E-state index in [2.05, 4.69) is 17.0 Å². The normalized spacial score (nSPS) is 11.4. The Morgan fingerprint density at radius 2 is 1.82 bits per heavy atom. The number of aryl methyl sites for hydroxylation is 1. The number of rotatable bonds is 11. The second-order valence-electron chi connectivity index (χ2n) is 8.72. The smallest absolute Gasteiger partial charge is 0.431 e. The number of nitrogens with zero attached hydrogens (tertiary/aromatic N) is 3. The number of imidazole rings is 1. The zero-order chi connectivity index (χ0) is 27.7. The summed E-state index contributed by atoms with van der Waals surface area (Å²) < 4.78 is 16.5. The fraction of sp³-hybridized carbons (Fsp3) is 0.333. The second-order valence-corrected chi connectivity index (χ2v) is 9.08. The number of hydrogen-bond donors (Lipinski definition) is 2. The number of carbonyl (C=O) groups is 2. The lowest BCUT2D eigenvalue weighted by atomic mass is 9.98. The molecule has 202 valence electrons. The van der Waals surface area contributed by atoms with Crippen LogP contribution >= 0.6 is 11.6 Å². The highest BCUT2D eigenvalue weighted by molar-refractivity contribution is 6.32. The quantitative estimate of drug-likeness (QED) is 0.0875. The number of carbonyl (C=O) groups excluding carboxylic acids is 2. The average Bonchev–Trinajstić information content (AvgIpc) is 3.21. The molecule has 3 aromatic rings. The lowest BCUT2D eigenvalue weighted by molar-refractivity contribution is -0.0349. The van der Waals surface area contributed by atoms with Gasteiger partial charge in [-0.15, -0.1) is 0 Å². The highest BCUT2D eigenvalue weighted by atomic mass is 35.5. The Morgan fingerprint density at radius 1 is 1.11 bits per heavy atom. The molecule has 0 bridgehead atoms. The number of unbranched alkanes of at least 4 members (excludes halogenated alkanes) is 1. The van der Waals surface area contributed by atoms with Gasteiger partial charge in [-0.3, -0.25) is 0 Å². The molecule has 1 aromatic heterocycles. The van der Waals surface area contributed by atoms with E-state index in [0.717, 1.165) is 35.1 Å². The van der Waals surface area contributed by atoms with Gasteiger partial charge >= 0.3 is 12.1 Å². The van der Waals surface area contributed by atoms with Gasteiger partial charge in [-0.05, 0) is 37.0 Å². The van der Waals surface area contributed by atoms with Crippen LogP contribution in [0.5, 0.6) is 0 Å². The molecule has 0 aliphatic heterocycles. The summed E-state index contributed by atoms with van der Waals surface area (Å²) in [6, 6.07) is 15.4. The molecule has 10 nitrogen and oxygen atoms in total. The lowest BCUT2D eigenvalue weighted by Crippen LogP contribution is -2.19. The average molecular weight is 542 g/mol. The van der Waals surface area contributed by atoms with E-state index >= 15 is 0 Å². The maximum atomic E-state index is 12.9. The maximum Gasteiger partial charge on any atom is 0.511 e. The van der Waals surface area contributed by atoms with E-state index in [-0.39, 0.29) is 22.8 Å². The first-order valence-corrected chi connectivity index (χ1v) is 12.6. The van der Waals surface area contributed by atoms with Crippen molar-refractivity contribution in [2.75, 3.05) is 6.79 Å². The van der Waals surface area contributed by atoms with Crippen LogP contribution in [0.2, 0.25) is 5.15 Å². The Kier molecular flexibility index (Phi) is 10.1. The molecule has 0 spiro atoms. The minimum absolute atomic E-state index is 0.0213. The van der Waals surface area contributed by atoms with Crippen molar-refractivity contribution < 1.29 is 23.8 Å². The molecule has 0 fully saturated rings. The van der Waals surface area contributed by atoms with Gasteiger partial charge in [0.1, 0.15) is 5.82 Å². The van der Waals surface area contributed by atoms with E-state index in [1.165, 1.54) is 0 Å². The monoisotopic (exact) mass is 541 g/mol. The van der Waals surface area contributed by atoms with E-state index in [4.69, 9.17) is 37.4 Å². The number of amidine groups is 1. The molecule has 0 amide bonds. The molecule has 11 heteroatoms.